The van der Waals surface area contributed by atoms with Gasteiger partial charge in [-0.1, -0.05) is 11.6 Å². The van der Waals surface area contributed by atoms with Crippen LogP contribution in [0, 0.1) is 12.7 Å². The van der Waals surface area contributed by atoms with Gasteiger partial charge in [0.25, 0.3) is 0 Å². The Morgan fingerprint density at radius 3 is 2.94 bits per heavy atom. The average Bonchev–Trinajstić information content (AvgIpc) is 2.89. The van der Waals surface area contributed by atoms with Crippen LogP contribution in [-0.4, -0.2) is 10.2 Å². The summed E-state index contributed by atoms with van der Waals surface area (Å²) in [4.78, 5) is 0. The Hall–Kier alpha value is -1.81. The highest BCUT2D eigenvalue weighted by molar-refractivity contribution is 6.31. The number of aryl methyl sites for hydroxylation is 1. The molecule has 0 atom stereocenters. The minimum Gasteiger partial charge on any atom is -0.460 e. The lowest BCUT2D eigenvalue weighted by atomic mass is 10.1. The normalized spacial score (nSPS) is 11.2. The van der Waals surface area contributed by atoms with E-state index in [0.717, 1.165) is 16.8 Å². The molecule has 3 rings (SSSR count). The zero-order valence-corrected chi connectivity index (χ0v) is 9.68. The van der Waals surface area contributed by atoms with Crippen molar-refractivity contribution < 1.29 is 8.81 Å². The molecule has 0 saturated carbocycles. The molecule has 5 heteroatoms. The number of benzene rings is 1. The van der Waals surface area contributed by atoms with E-state index in [0.29, 0.717) is 5.39 Å². The summed E-state index contributed by atoms with van der Waals surface area (Å²) < 4.78 is 18.9. The van der Waals surface area contributed by atoms with Gasteiger partial charge in [0.15, 0.2) is 11.4 Å². The Labute approximate surface area is 101 Å². The zero-order chi connectivity index (χ0) is 12.0. The van der Waals surface area contributed by atoms with Crippen molar-refractivity contribution in [3.05, 3.63) is 41.0 Å². The first kappa shape index (κ1) is 10.4. The summed E-state index contributed by atoms with van der Waals surface area (Å²) >= 11 is 5.70. The van der Waals surface area contributed by atoms with Crippen molar-refractivity contribution in [3.63, 3.8) is 0 Å². The number of aromatic nitrogens is 2. The fourth-order valence-corrected chi connectivity index (χ4v) is 2.00. The highest BCUT2D eigenvalue weighted by atomic mass is 35.5. The first-order chi connectivity index (χ1) is 8.18. The third-order valence-corrected chi connectivity index (χ3v) is 3.02. The lowest BCUT2D eigenvalue weighted by Crippen LogP contribution is -1.81. The first-order valence-electron chi connectivity index (χ1n) is 5.04. The number of halogens is 2. The quantitative estimate of drug-likeness (QED) is 0.711. The van der Waals surface area contributed by atoms with E-state index in [1.807, 2.05) is 6.92 Å². The van der Waals surface area contributed by atoms with Gasteiger partial charge in [-0.3, -0.25) is 5.10 Å². The number of nitrogens with one attached hydrogen (secondary N) is 1. The van der Waals surface area contributed by atoms with Gasteiger partial charge in [0.1, 0.15) is 6.26 Å². The van der Waals surface area contributed by atoms with Crippen molar-refractivity contribution in [1.29, 1.82) is 0 Å². The summed E-state index contributed by atoms with van der Waals surface area (Å²) in [6.45, 7) is 1.92. The Morgan fingerprint density at radius 2 is 2.24 bits per heavy atom. The summed E-state index contributed by atoms with van der Waals surface area (Å²) in [5.74, 6) is -0.535. The Balaban J connectivity index is 2.33. The van der Waals surface area contributed by atoms with E-state index in [2.05, 4.69) is 10.2 Å². The molecule has 0 saturated heterocycles. The summed E-state index contributed by atoms with van der Waals surface area (Å²) in [6.07, 6.45) is 3.21. The molecule has 0 aliphatic carbocycles. The van der Waals surface area contributed by atoms with Gasteiger partial charge in [-0.15, -0.1) is 0 Å². The molecule has 0 fully saturated rings. The van der Waals surface area contributed by atoms with Gasteiger partial charge in [-0.25, -0.2) is 4.39 Å². The van der Waals surface area contributed by atoms with Crippen LogP contribution in [0.3, 0.4) is 0 Å². The number of furan rings is 1. The summed E-state index contributed by atoms with van der Waals surface area (Å²) in [6, 6.07) is 3.25. The lowest BCUT2D eigenvalue weighted by molar-refractivity contribution is 0.561. The van der Waals surface area contributed by atoms with Crippen LogP contribution in [0.25, 0.3) is 22.2 Å². The van der Waals surface area contributed by atoms with E-state index in [1.54, 1.807) is 12.3 Å². The van der Waals surface area contributed by atoms with Gasteiger partial charge in [-0.05, 0) is 24.6 Å². The van der Waals surface area contributed by atoms with E-state index in [9.17, 15) is 4.39 Å². The molecule has 1 aromatic carbocycles. The van der Waals surface area contributed by atoms with Gasteiger partial charge in [0.05, 0.1) is 16.9 Å². The molecule has 0 amide bonds. The minimum absolute atomic E-state index is 0.0553. The second-order valence-electron chi connectivity index (χ2n) is 3.82. The second-order valence-corrected chi connectivity index (χ2v) is 4.22. The second kappa shape index (κ2) is 3.60. The molecular weight excluding hydrogens is 243 g/mol. The molecule has 0 aliphatic rings. The van der Waals surface area contributed by atoms with Crippen molar-refractivity contribution in [2.24, 2.45) is 0 Å². The van der Waals surface area contributed by atoms with Gasteiger partial charge in [0, 0.05) is 10.9 Å². The van der Waals surface area contributed by atoms with Crippen LogP contribution in [0.1, 0.15) is 5.56 Å². The third kappa shape index (κ3) is 1.45. The smallest absolute Gasteiger partial charge is 0.184 e. The van der Waals surface area contributed by atoms with E-state index in [-0.39, 0.29) is 10.6 Å². The molecule has 17 heavy (non-hydrogen) atoms. The van der Waals surface area contributed by atoms with E-state index in [4.69, 9.17) is 16.0 Å². The van der Waals surface area contributed by atoms with Crippen molar-refractivity contribution >= 4 is 22.6 Å². The number of fused-ring (bicyclic) bond motifs is 1. The van der Waals surface area contributed by atoms with Gasteiger partial charge < -0.3 is 4.42 Å². The van der Waals surface area contributed by atoms with Crippen LogP contribution in [0.15, 0.2) is 29.0 Å². The van der Waals surface area contributed by atoms with Crippen molar-refractivity contribution in [2.45, 2.75) is 6.92 Å². The third-order valence-electron chi connectivity index (χ3n) is 2.73. The van der Waals surface area contributed by atoms with Crippen LogP contribution < -0.4 is 0 Å². The zero-order valence-electron chi connectivity index (χ0n) is 8.92. The molecule has 3 aromatic rings. The minimum atomic E-state index is -0.535. The summed E-state index contributed by atoms with van der Waals surface area (Å²) in [5, 5.41) is 7.54. The van der Waals surface area contributed by atoms with Gasteiger partial charge in [-0.2, -0.15) is 5.10 Å². The monoisotopic (exact) mass is 250 g/mol. The van der Waals surface area contributed by atoms with Gasteiger partial charge >= 0.3 is 0 Å². The molecule has 0 bridgehead atoms. The Morgan fingerprint density at radius 1 is 1.41 bits per heavy atom. The van der Waals surface area contributed by atoms with Crippen LogP contribution >= 0.6 is 11.6 Å². The number of hydrogen-bond acceptors (Lipinski definition) is 2. The molecule has 0 aliphatic heterocycles. The lowest BCUT2D eigenvalue weighted by Gasteiger charge is -1.97. The van der Waals surface area contributed by atoms with E-state index in [1.165, 1.54) is 12.3 Å². The Bertz CT molecular complexity index is 702. The number of H-pyrrole nitrogens is 1. The number of nitrogens with zero attached hydrogens (tertiary/aromatic N) is 1. The maximum absolute atomic E-state index is 13.7. The SMILES string of the molecule is Cc1cn[nH]c1-c1coc2c(F)c(Cl)ccc12. The predicted molar refractivity (Wildman–Crippen MR) is 63.5 cm³/mol. The highest BCUT2D eigenvalue weighted by Crippen LogP contribution is 2.34. The molecule has 1 N–H and O–H groups in total. The molecule has 0 unspecified atom stereocenters. The molecule has 0 spiro atoms. The van der Waals surface area contributed by atoms with Crippen molar-refractivity contribution in [2.75, 3.05) is 0 Å². The van der Waals surface area contributed by atoms with Gasteiger partial charge in [0.2, 0.25) is 0 Å². The van der Waals surface area contributed by atoms with Crippen molar-refractivity contribution in [3.8, 4) is 11.3 Å². The van der Waals surface area contributed by atoms with Crippen LogP contribution in [0.2, 0.25) is 5.02 Å². The predicted octanol–water partition coefficient (Wildman–Crippen LogP) is 3.92. The maximum Gasteiger partial charge on any atom is 0.184 e. The molecule has 0 radical (unpaired) electrons. The summed E-state index contributed by atoms with van der Waals surface area (Å²) in [7, 11) is 0. The van der Waals surface area contributed by atoms with Crippen LogP contribution in [-0.2, 0) is 0 Å². The molecular formula is C12H8ClFN2O. The Kier molecular flexibility index (Phi) is 2.19. The average molecular weight is 251 g/mol. The van der Waals surface area contributed by atoms with E-state index >= 15 is 0 Å². The number of aromatic amines is 1. The standard InChI is InChI=1S/C12H8ClFN2O/c1-6-4-15-16-11(6)8-5-17-12-7(8)2-3-9(13)10(12)14/h2-5H,1H3,(H,15,16). The maximum atomic E-state index is 13.7. The topological polar surface area (TPSA) is 41.8 Å². The first-order valence-corrected chi connectivity index (χ1v) is 5.42. The molecule has 86 valence electrons. The number of rotatable bonds is 1. The molecule has 3 nitrogen and oxygen atoms in total. The van der Waals surface area contributed by atoms with Crippen LogP contribution in [0.4, 0.5) is 4.39 Å². The number of hydrogen-bond donors (Lipinski definition) is 1. The fraction of sp³-hybridized carbons (Fsp3) is 0.0833. The van der Waals surface area contributed by atoms with E-state index < -0.39 is 5.82 Å². The molecule has 2 aromatic heterocycles. The fourth-order valence-electron chi connectivity index (χ4n) is 1.85. The highest BCUT2D eigenvalue weighted by Gasteiger charge is 2.16. The van der Waals surface area contributed by atoms with Crippen LogP contribution in [0.5, 0.6) is 0 Å². The largest absolute Gasteiger partial charge is 0.460 e. The summed E-state index contributed by atoms with van der Waals surface area (Å²) in [5.41, 5.74) is 2.75. The molecule has 2 heterocycles. The van der Waals surface area contributed by atoms with Crippen molar-refractivity contribution in [1.82, 2.24) is 10.2 Å².